The summed E-state index contributed by atoms with van der Waals surface area (Å²) in [6, 6.07) is 8.05. The van der Waals surface area contributed by atoms with Gasteiger partial charge in [0.15, 0.2) is 11.2 Å². The Morgan fingerprint density at radius 1 is 1.10 bits per heavy atom. The highest BCUT2D eigenvalue weighted by molar-refractivity contribution is 5.74. The van der Waals surface area contributed by atoms with E-state index in [4.69, 9.17) is 4.74 Å². The molecule has 3 aromatic rings. The number of nitrogens with zero attached hydrogens (tertiary/aromatic N) is 4. The zero-order valence-electron chi connectivity index (χ0n) is 17.1. The highest BCUT2D eigenvalue weighted by Crippen LogP contribution is 2.26. The molecule has 0 unspecified atom stereocenters. The largest absolute Gasteiger partial charge is 0.496 e. The Morgan fingerprint density at radius 2 is 1.83 bits per heavy atom. The number of benzene rings is 1. The van der Waals surface area contributed by atoms with E-state index in [-0.39, 0.29) is 11.2 Å². The molecule has 1 saturated carbocycles. The van der Waals surface area contributed by atoms with Gasteiger partial charge in [0.05, 0.1) is 13.7 Å². The number of aromatic nitrogens is 4. The molecule has 0 saturated heterocycles. The first-order chi connectivity index (χ1) is 14.0. The molecule has 0 aliphatic heterocycles. The summed E-state index contributed by atoms with van der Waals surface area (Å²) in [4.78, 5) is 30.1. The van der Waals surface area contributed by atoms with Crippen LogP contribution in [-0.2, 0) is 20.6 Å². The summed E-state index contributed by atoms with van der Waals surface area (Å²) in [6.07, 6.45) is 5.78. The van der Waals surface area contributed by atoms with E-state index in [0.717, 1.165) is 28.7 Å². The van der Waals surface area contributed by atoms with Crippen molar-refractivity contribution in [1.82, 2.24) is 18.7 Å². The van der Waals surface area contributed by atoms with E-state index in [1.807, 2.05) is 28.8 Å². The molecule has 154 valence electrons. The van der Waals surface area contributed by atoms with Crippen LogP contribution in [0.1, 0.15) is 37.7 Å². The molecule has 1 aromatic carbocycles. The molecular weight excluding hydrogens is 370 g/mol. The average molecular weight is 397 g/mol. The smallest absolute Gasteiger partial charge is 0.332 e. The molecule has 2 heterocycles. The van der Waals surface area contributed by atoms with Gasteiger partial charge in [0.1, 0.15) is 5.75 Å². The van der Waals surface area contributed by atoms with Crippen molar-refractivity contribution in [3.8, 4) is 5.75 Å². The quantitative estimate of drug-likeness (QED) is 0.714. The number of ether oxygens (including phenoxy) is 1. The van der Waals surface area contributed by atoms with Gasteiger partial charge in [-0.15, -0.1) is 0 Å². The van der Waals surface area contributed by atoms with Gasteiger partial charge in [0.2, 0.25) is 5.95 Å². The van der Waals surface area contributed by atoms with Gasteiger partial charge < -0.3 is 10.1 Å². The first-order valence-corrected chi connectivity index (χ1v) is 10.1. The number of hydrogen-bond acceptors (Lipinski definition) is 5. The number of rotatable bonds is 5. The number of hydrogen-bond donors (Lipinski definition) is 1. The lowest BCUT2D eigenvalue weighted by Crippen LogP contribution is -2.37. The minimum absolute atomic E-state index is 0.317. The monoisotopic (exact) mass is 397 g/mol. The summed E-state index contributed by atoms with van der Waals surface area (Å²) < 4.78 is 9.94. The molecule has 1 fully saturated rings. The summed E-state index contributed by atoms with van der Waals surface area (Å²) in [5, 5.41) is 3.54. The lowest BCUT2D eigenvalue weighted by atomic mass is 9.96. The molecule has 0 amide bonds. The topological polar surface area (TPSA) is 83.1 Å². The molecule has 8 nitrogen and oxygen atoms in total. The van der Waals surface area contributed by atoms with E-state index in [0.29, 0.717) is 29.7 Å². The molecule has 0 spiro atoms. The molecule has 0 atom stereocenters. The van der Waals surface area contributed by atoms with E-state index in [2.05, 4.69) is 10.3 Å². The Morgan fingerprint density at radius 3 is 2.55 bits per heavy atom. The molecule has 0 radical (unpaired) electrons. The Balaban J connectivity index is 1.89. The van der Waals surface area contributed by atoms with Gasteiger partial charge in [-0.1, -0.05) is 37.5 Å². The van der Waals surface area contributed by atoms with Crippen molar-refractivity contribution in [2.24, 2.45) is 14.1 Å². The first-order valence-electron chi connectivity index (χ1n) is 10.1. The van der Waals surface area contributed by atoms with Crippen LogP contribution in [-0.4, -0.2) is 31.8 Å². The fourth-order valence-corrected chi connectivity index (χ4v) is 4.14. The number of para-hydroxylation sites is 1. The van der Waals surface area contributed by atoms with Crippen molar-refractivity contribution in [3.05, 3.63) is 50.7 Å². The van der Waals surface area contributed by atoms with E-state index in [9.17, 15) is 9.59 Å². The molecular formula is C21H27N5O3. The van der Waals surface area contributed by atoms with Gasteiger partial charge in [-0.25, -0.2) is 4.79 Å². The van der Waals surface area contributed by atoms with Gasteiger partial charge in [-0.2, -0.15) is 4.98 Å². The van der Waals surface area contributed by atoms with Crippen LogP contribution in [0.25, 0.3) is 11.2 Å². The second-order valence-corrected chi connectivity index (χ2v) is 7.69. The molecule has 0 bridgehead atoms. The van der Waals surface area contributed by atoms with Crippen LogP contribution < -0.4 is 21.3 Å². The summed E-state index contributed by atoms with van der Waals surface area (Å²) in [5.41, 5.74) is 1.03. The van der Waals surface area contributed by atoms with Gasteiger partial charge in [0.25, 0.3) is 5.56 Å². The van der Waals surface area contributed by atoms with Crippen molar-refractivity contribution < 1.29 is 4.74 Å². The van der Waals surface area contributed by atoms with Crippen LogP contribution in [0.2, 0.25) is 0 Å². The van der Waals surface area contributed by atoms with Gasteiger partial charge in [-0.05, 0) is 18.9 Å². The second kappa shape index (κ2) is 7.77. The zero-order valence-corrected chi connectivity index (χ0v) is 17.1. The fourth-order valence-electron chi connectivity index (χ4n) is 4.14. The van der Waals surface area contributed by atoms with Crippen LogP contribution in [0.4, 0.5) is 5.95 Å². The van der Waals surface area contributed by atoms with Gasteiger partial charge >= 0.3 is 5.69 Å². The predicted octanol–water partition coefficient (Wildman–Crippen LogP) is 2.24. The molecule has 29 heavy (non-hydrogen) atoms. The molecule has 8 heteroatoms. The SMILES string of the molecule is COc1ccccc1Cn1c(NC2CCCCC2)nc2c1c(=O)n(C)c(=O)n2C. The Kier molecular flexibility index (Phi) is 5.17. The van der Waals surface area contributed by atoms with Crippen LogP contribution in [0.3, 0.4) is 0 Å². The molecule has 1 aliphatic carbocycles. The number of aryl methyl sites for hydroxylation is 1. The lowest BCUT2D eigenvalue weighted by molar-refractivity contribution is 0.408. The van der Waals surface area contributed by atoms with Crippen LogP contribution in [0.15, 0.2) is 33.9 Å². The first kappa shape index (κ1) is 19.3. The number of fused-ring (bicyclic) bond motifs is 1. The van der Waals surface area contributed by atoms with Crippen molar-refractivity contribution in [3.63, 3.8) is 0 Å². The maximum atomic E-state index is 13.0. The van der Waals surface area contributed by atoms with Crippen molar-refractivity contribution in [2.75, 3.05) is 12.4 Å². The van der Waals surface area contributed by atoms with E-state index >= 15 is 0 Å². The third kappa shape index (κ3) is 3.43. The third-order valence-corrected chi connectivity index (χ3v) is 5.81. The van der Waals surface area contributed by atoms with Crippen LogP contribution in [0, 0.1) is 0 Å². The number of methoxy groups -OCH3 is 1. The molecule has 4 rings (SSSR count). The highest BCUT2D eigenvalue weighted by atomic mass is 16.5. The van der Waals surface area contributed by atoms with E-state index < -0.39 is 0 Å². The minimum Gasteiger partial charge on any atom is -0.496 e. The lowest BCUT2D eigenvalue weighted by Gasteiger charge is -2.23. The predicted molar refractivity (Wildman–Crippen MR) is 113 cm³/mol. The highest BCUT2D eigenvalue weighted by Gasteiger charge is 2.22. The number of anilines is 1. The van der Waals surface area contributed by atoms with E-state index in [1.54, 1.807) is 14.2 Å². The maximum Gasteiger partial charge on any atom is 0.332 e. The Bertz CT molecular complexity index is 1150. The molecule has 1 aliphatic rings. The van der Waals surface area contributed by atoms with E-state index in [1.165, 1.54) is 30.9 Å². The van der Waals surface area contributed by atoms with Crippen LogP contribution >= 0.6 is 0 Å². The normalized spacial score (nSPS) is 15.0. The third-order valence-electron chi connectivity index (χ3n) is 5.81. The average Bonchev–Trinajstić information content (AvgIpc) is 3.10. The summed E-state index contributed by atoms with van der Waals surface area (Å²) in [6.45, 7) is 0.420. The molecule has 1 N–H and O–H groups in total. The second-order valence-electron chi connectivity index (χ2n) is 7.69. The zero-order chi connectivity index (χ0) is 20.5. The summed E-state index contributed by atoms with van der Waals surface area (Å²) in [7, 11) is 4.78. The Hall–Kier alpha value is -3.03. The van der Waals surface area contributed by atoms with Crippen LogP contribution in [0.5, 0.6) is 5.75 Å². The van der Waals surface area contributed by atoms with Gasteiger partial charge in [0, 0.05) is 25.7 Å². The number of imidazole rings is 1. The van der Waals surface area contributed by atoms with Gasteiger partial charge in [-0.3, -0.25) is 18.5 Å². The summed E-state index contributed by atoms with van der Waals surface area (Å²) in [5.74, 6) is 1.37. The van der Waals surface area contributed by atoms with Crippen molar-refractivity contribution >= 4 is 17.1 Å². The standard InChI is InChI=1S/C21H27N5O3/c1-24-18-17(19(27)25(2)21(24)28)26(13-14-9-7-8-12-16(14)29-3)20(23-18)22-15-10-5-4-6-11-15/h7-9,12,15H,4-6,10-11,13H2,1-3H3,(H,22,23). The minimum atomic E-state index is -0.381. The number of nitrogens with one attached hydrogen (secondary N) is 1. The summed E-state index contributed by atoms with van der Waals surface area (Å²) >= 11 is 0. The molecule has 2 aromatic heterocycles. The van der Waals surface area contributed by atoms with Crippen molar-refractivity contribution in [1.29, 1.82) is 0 Å². The maximum absolute atomic E-state index is 13.0. The Labute approximate surface area is 168 Å². The fraction of sp³-hybridized carbons (Fsp3) is 0.476. The van der Waals surface area contributed by atoms with Crippen molar-refractivity contribution in [2.45, 2.75) is 44.7 Å².